The second-order valence-corrected chi connectivity index (χ2v) is 9.39. The molecule has 0 aromatic heterocycles. The first-order chi connectivity index (χ1) is 17.8. The van der Waals surface area contributed by atoms with E-state index in [0.717, 1.165) is 0 Å². The minimum absolute atomic E-state index is 1.23. The van der Waals surface area contributed by atoms with Gasteiger partial charge in [-0.15, -0.1) is 0 Å². The summed E-state index contributed by atoms with van der Waals surface area (Å²) in [7, 11) is 0. The van der Waals surface area contributed by atoms with Gasteiger partial charge in [0.25, 0.3) is 0 Å². The van der Waals surface area contributed by atoms with E-state index < -0.39 is 0 Å². The number of benzene rings is 7. The molecular formula is C36H24. The molecule has 0 saturated heterocycles. The Bertz CT molecular complexity index is 1860. The molecule has 0 aliphatic carbocycles. The van der Waals surface area contributed by atoms with E-state index >= 15 is 0 Å². The van der Waals surface area contributed by atoms with Gasteiger partial charge in [0.15, 0.2) is 0 Å². The Morgan fingerprint density at radius 2 is 0.833 bits per heavy atom. The molecule has 0 bridgehead atoms. The van der Waals surface area contributed by atoms with Gasteiger partial charge < -0.3 is 0 Å². The molecule has 0 fully saturated rings. The summed E-state index contributed by atoms with van der Waals surface area (Å²) in [6.07, 6.45) is 0. The Kier molecular flexibility index (Phi) is 4.89. The van der Waals surface area contributed by atoms with Gasteiger partial charge in [-0.05, 0) is 90.0 Å². The average molecular weight is 457 g/mol. The first-order valence-corrected chi connectivity index (χ1v) is 12.4. The maximum absolute atomic E-state index is 2.38. The third kappa shape index (κ3) is 3.47. The van der Waals surface area contributed by atoms with Crippen LogP contribution in [-0.2, 0) is 0 Å². The molecule has 168 valence electrons. The summed E-state index contributed by atoms with van der Waals surface area (Å²) in [5.41, 5.74) is 7.52. The Labute approximate surface area is 211 Å². The third-order valence-corrected chi connectivity index (χ3v) is 7.19. The number of hydrogen-bond donors (Lipinski definition) is 0. The van der Waals surface area contributed by atoms with Gasteiger partial charge in [0.1, 0.15) is 0 Å². The zero-order chi connectivity index (χ0) is 23.9. The normalized spacial score (nSPS) is 11.3. The molecule has 0 atom stereocenters. The van der Waals surface area contributed by atoms with Gasteiger partial charge in [0.05, 0.1) is 0 Å². The second kappa shape index (κ2) is 8.52. The third-order valence-electron chi connectivity index (χ3n) is 7.19. The summed E-state index contributed by atoms with van der Waals surface area (Å²) >= 11 is 0. The molecule has 36 heavy (non-hydrogen) atoms. The lowest BCUT2D eigenvalue weighted by Crippen LogP contribution is -1.93. The van der Waals surface area contributed by atoms with E-state index in [1.807, 2.05) is 0 Å². The van der Waals surface area contributed by atoms with Gasteiger partial charge in [-0.25, -0.2) is 0 Å². The summed E-state index contributed by atoms with van der Waals surface area (Å²) in [6, 6.07) is 52.9. The lowest BCUT2D eigenvalue weighted by molar-refractivity contribution is 1.59. The van der Waals surface area contributed by atoms with Gasteiger partial charge in [-0.1, -0.05) is 121 Å². The largest absolute Gasteiger partial charge is 0.0622 e. The highest BCUT2D eigenvalue weighted by Gasteiger charge is 2.19. The summed E-state index contributed by atoms with van der Waals surface area (Å²) in [5, 5.41) is 7.59. The molecule has 0 nitrogen and oxygen atoms in total. The Morgan fingerprint density at radius 3 is 1.53 bits per heavy atom. The predicted octanol–water partition coefficient (Wildman–Crippen LogP) is 10.1. The highest BCUT2D eigenvalue weighted by molar-refractivity contribution is 6.14. The first kappa shape index (κ1) is 20.7. The Morgan fingerprint density at radius 1 is 0.278 bits per heavy atom. The molecule has 0 unspecified atom stereocenters. The molecule has 0 spiro atoms. The highest BCUT2D eigenvalue weighted by Crippen LogP contribution is 2.46. The molecule has 0 amide bonds. The fourth-order valence-electron chi connectivity index (χ4n) is 5.49. The monoisotopic (exact) mass is 456 g/mol. The zero-order valence-electron chi connectivity index (χ0n) is 19.9. The zero-order valence-corrected chi connectivity index (χ0v) is 19.9. The molecular weight excluding hydrogens is 432 g/mol. The molecule has 0 heteroatoms. The van der Waals surface area contributed by atoms with Gasteiger partial charge >= 0.3 is 0 Å². The maximum atomic E-state index is 2.38. The molecule has 7 aromatic carbocycles. The quantitative estimate of drug-likeness (QED) is 0.232. The van der Waals surface area contributed by atoms with E-state index in [4.69, 9.17) is 0 Å². The molecule has 0 aliphatic rings. The van der Waals surface area contributed by atoms with Crippen LogP contribution >= 0.6 is 0 Å². The van der Waals surface area contributed by atoms with Crippen molar-refractivity contribution in [2.75, 3.05) is 0 Å². The second-order valence-electron chi connectivity index (χ2n) is 9.39. The van der Waals surface area contributed by atoms with Crippen LogP contribution in [-0.4, -0.2) is 0 Å². The molecule has 7 rings (SSSR count). The lowest BCUT2D eigenvalue weighted by atomic mass is 9.83. The van der Waals surface area contributed by atoms with Crippen molar-refractivity contribution in [3.05, 3.63) is 146 Å². The van der Waals surface area contributed by atoms with Crippen LogP contribution in [0.3, 0.4) is 0 Å². The summed E-state index contributed by atoms with van der Waals surface area (Å²) in [4.78, 5) is 0. The summed E-state index contributed by atoms with van der Waals surface area (Å²) in [5.74, 6) is 0. The van der Waals surface area contributed by atoms with Crippen LogP contribution in [0.5, 0.6) is 0 Å². The van der Waals surface area contributed by atoms with Crippen molar-refractivity contribution < 1.29 is 0 Å². The number of fused-ring (bicyclic) bond motifs is 3. The molecule has 0 heterocycles. The van der Waals surface area contributed by atoms with Gasteiger partial charge in [-0.3, -0.25) is 0 Å². The Balaban J connectivity index is 1.68. The van der Waals surface area contributed by atoms with E-state index in [1.165, 1.54) is 65.7 Å². The van der Waals surface area contributed by atoms with E-state index in [9.17, 15) is 0 Å². The number of hydrogen-bond acceptors (Lipinski definition) is 0. The molecule has 0 radical (unpaired) electrons. The van der Waals surface area contributed by atoms with Crippen molar-refractivity contribution in [3.8, 4) is 33.4 Å². The van der Waals surface area contributed by atoms with Crippen LogP contribution < -0.4 is 0 Å². The SMILES string of the molecule is c1ccc(-c2cc3cc4ccccc4cc3c(-c3ccc4ccccc4c3)c2-c2ccccc2)cc1. The summed E-state index contributed by atoms with van der Waals surface area (Å²) in [6.45, 7) is 0. The standard InChI is InChI=1S/C36H24/c1-3-12-26(13-4-1)33-24-32-22-29-17-9-10-18-30(29)23-34(32)36(35(33)27-14-5-2-6-15-27)31-20-19-25-11-7-8-16-28(25)21-31/h1-24H. The van der Waals surface area contributed by atoms with Crippen LogP contribution in [0.4, 0.5) is 0 Å². The Hall–Kier alpha value is -4.68. The fourth-order valence-corrected chi connectivity index (χ4v) is 5.49. The van der Waals surface area contributed by atoms with Crippen molar-refractivity contribution in [3.63, 3.8) is 0 Å². The topological polar surface area (TPSA) is 0 Å². The van der Waals surface area contributed by atoms with E-state index in [2.05, 4.69) is 146 Å². The van der Waals surface area contributed by atoms with E-state index in [0.29, 0.717) is 0 Å². The minimum atomic E-state index is 1.23. The van der Waals surface area contributed by atoms with Crippen LogP contribution in [0.25, 0.3) is 65.7 Å². The smallest absolute Gasteiger partial charge is 0.00201 e. The van der Waals surface area contributed by atoms with Gasteiger partial charge in [0.2, 0.25) is 0 Å². The van der Waals surface area contributed by atoms with Crippen LogP contribution in [0, 0.1) is 0 Å². The van der Waals surface area contributed by atoms with Crippen molar-refractivity contribution >= 4 is 32.3 Å². The average Bonchev–Trinajstić information content (AvgIpc) is 2.96. The van der Waals surface area contributed by atoms with Gasteiger partial charge in [0, 0.05) is 0 Å². The lowest BCUT2D eigenvalue weighted by Gasteiger charge is -2.20. The first-order valence-electron chi connectivity index (χ1n) is 12.4. The van der Waals surface area contributed by atoms with Crippen molar-refractivity contribution in [2.45, 2.75) is 0 Å². The fraction of sp³-hybridized carbons (Fsp3) is 0. The van der Waals surface area contributed by atoms with Crippen LogP contribution in [0.15, 0.2) is 146 Å². The maximum Gasteiger partial charge on any atom is -0.00201 e. The van der Waals surface area contributed by atoms with Crippen molar-refractivity contribution in [2.24, 2.45) is 0 Å². The van der Waals surface area contributed by atoms with Crippen molar-refractivity contribution in [1.82, 2.24) is 0 Å². The van der Waals surface area contributed by atoms with E-state index in [-0.39, 0.29) is 0 Å². The summed E-state index contributed by atoms with van der Waals surface area (Å²) < 4.78 is 0. The predicted molar refractivity (Wildman–Crippen MR) is 155 cm³/mol. The molecule has 0 aliphatic heterocycles. The highest BCUT2D eigenvalue weighted by atomic mass is 14.2. The van der Waals surface area contributed by atoms with Crippen LogP contribution in [0.1, 0.15) is 0 Å². The van der Waals surface area contributed by atoms with E-state index in [1.54, 1.807) is 0 Å². The number of rotatable bonds is 3. The van der Waals surface area contributed by atoms with Gasteiger partial charge in [-0.2, -0.15) is 0 Å². The van der Waals surface area contributed by atoms with Crippen molar-refractivity contribution in [1.29, 1.82) is 0 Å². The van der Waals surface area contributed by atoms with Crippen LogP contribution in [0.2, 0.25) is 0 Å². The molecule has 0 N–H and O–H groups in total. The minimum Gasteiger partial charge on any atom is -0.0622 e. The molecule has 7 aromatic rings. The molecule has 0 saturated carbocycles.